The van der Waals surface area contributed by atoms with Crippen molar-refractivity contribution in [1.82, 2.24) is 5.43 Å². The summed E-state index contributed by atoms with van der Waals surface area (Å²) < 4.78 is 0. The average molecular weight is 271 g/mol. The van der Waals surface area contributed by atoms with Crippen LogP contribution in [0.5, 0.6) is 0 Å². The number of hydrogen-bond donors (Lipinski definition) is 2. The van der Waals surface area contributed by atoms with Crippen molar-refractivity contribution >= 4 is 23.0 Å². The third-order valence-corrected chi connectivity index (χ3v) is 3.26. The van der Waals surface area contributed by atoms with E-state index in [9.17, 15) is 0 Å². The van der Waals surface area contributed by atoms with Gasteiger partial charge in [0.2, 0.25) is 0 Å². The Labute approximate surface area is 118 Å². The summed E-state index contributed by atoms with van der Waals surface area (Å²) in [6, 6.07) is 0. The third kappa shape index (κ3) is 7.64. The summed E-state index contributed by atoms with van der Waals surface area (Å²) in [7, 11) is 0. The maximum Gasteiger partial charge on any atom is 0.184 e. The van der Waals surface area contributed by atoms with E-state index in [4.69, 9.17) is 18.0 Å². The normalized spacial score (nSPS) is 20.4. The van der Waals surface area contributed by atoms with Gasteiger partial charge in [0.1, 0.15) is 0 Å². The summed E-state index contributed by atoms with van der Waals surface area (Å²) in [6.45, 7) is 6.24. The first kappa shape index (κ1) is 17.4. The number of nitrogens with zero attached hydrogens (tertiary/aromatic N) is 1. The highest BCUT2D eigenvalue weighted by atomic mass is 32.1. The Bertz CT molecular complexity index is 251. The van der Waals surface area contributed by atoms with E-state index < -0.39 is 0 Å². The highest BCUT2D eigenvalue weighted by Gasteiger charge is 2.22. The minimum absolute atomic E-state index is 0.268. The van der Waals surface area contributed by atoms with E-state index in [1.165, 1.54) is 50.7 Å². The average Bonchev–Trinajstić information content (AvgIpc) is 2.82. The van der Waals surface area contributed by atoms with Crippen molar-refractivity contribution in [2.24, 2.45) is 16.8 Å². The summed E-state index contributed by atoms with van der Waals surface area (Å²) in [5, 5.41) is 4.57. The molecule has 1 saturated carbocycles. The lowest BCUT2D eigenvalue weighted by atomic mass is 9.98. The molecule has 18 heavy (non-hydrogen) atoms. The lowest BCUT2D eigenvalue weighted by molar-refractivity contribution is 0.543. The molecule has 0 radical (unpaired) electrons. The Morgan fingerprint density at radius 3 is 2.72 bits per heavy atom. The van der Waals surface area contributed by atoms with Crippen molar-refractivity contribution in [1.29, 1.82) is 0 Å². The summed E-state index contributed by atoms with van der Waals surface area (Å²) >= 11 is 4.75. The number of thiocarbonyl (C=S) groups is 1. The number of hydrazone groups is 1. The third-order valence-electron chi connectivity index (χ3n) is 3.17. The van der Waals surface area contributed by atoms with Gasteiger partial charge in [-0.15, -0.1) is 0 Å². The molecule has 0 aromatic heterocycles. The number of hydrogen-bond acceptors (Lipinski definition) is 2. The molecule has 3 nitrogen and oxygen atoms in total. The molecule has 0 aromatic carbocycles. The summed E-state index contributed by atoms with van der Waals surface area (Å²) in [4.78, 5) is 0. The quantitative estimate of drug-likeness (QED) is 0.436. The number of unbranched alkanes of at least 4 members (excludes halogenated alkanes) is 3. The first-order valence-corrected chi connectivity index (χ1v) is 7.76. The molecular formula is C14H29N3S. The molecule has 1 fully saturated rings. The molecule has 1 rings (SSSR count). The molecule has 0 bridgehead atoms. The van der Waals surface area contributed by atoms with E-state index in [1.807, 2.05) is 13.8 Å². The van der Waals surface area contributed by atoms with Crippen LogP contribution < -0.4 is 11.2 Å². The van der Waals surface area contributed by atoms with Gasteiger partial charge in [-0.1, -0.05) is 46.5 Å². The Hall–Kier alpha value is -0.640. The van der Waals surface area contributed by atoms with Crippen LogP contribution in [0.2, 0.25) is 0 Å². The standard InChI is InChI=1S/C12H23N3S.C2H6/c1-2-3-4-5-7-10-8-6-9-11(10)14-15-12(13)16;1-2/h10H,2-9H2,1H3,(H3,13,15,16);1-2H3/b14-11+;. The van der Waals surface area contributed by atoms with Gasteiger partial charge in [-0.3, -0.25) is 5.43 Å². The van der Waals surface area contributed by atoms with Crippen molar-refractivity contribution < 1.29 is 0 Å². The van der Waals surface area contributed by atoms with Gasteiger partial charge >= 0.3 is 0 Å². The van der Waals surface area contributed by atoms with Gasteiger partial charge in [0.15, 0.2) is 5.11 Å². The summed E-state index contributed by atoms with van der Waals surface area (Å²) in [5.74, 6) is 0.665. The fraction of sp³-hybridized carbons (Fsp3) is 0.857. The molecule has 106 valence electrons. The van der Waals surface area contributed by atoms with Gasteiger partial charge in [-0.2, -0.15) is 5.10 Å². The fourth-order valence-corrected chi connectivity index (χ4v) is 2.35. The molecule has 1 unspecified atom stereocenters. The Kier molecular flexibility index (Phi) is 11.0. The van der Waals surface area contributed by atoms with E-state index in [0.29, 0.717) is 5.92 Å². The molecule has 0 aromatic rings. The van der Waals surface area contributed by atoms with Gasteiger partial charge < -0.3 is 5.73 Å². The lowest BCUT2D eigenvalue weighted by Crippen LogP contribution is -2.26. The molecule has 0 amide bonds. The zero-order chi connectivity index (χ0) is 13.8. The largest absolute Gasteiger partial charge is 0.375 e. The van der Waals surface area contributed by atoms with Gasteiger partial charge in [0.05, 0.1) is 0 Å². The van der Waals surface area contributed by atoms with Gasteiger partial charge in [-0.05, 0) is 43.8 Å². The van der Waals surface area contributed by atoms with Crippen molar-refractivity contribution in [2.75, 3.05) is 0 Å². The molecule has 3 N–H and O–H groups in total. The van der Waals surface area contributed by atoms with E-state index in [1.54, 1.807) is 0 Å². The Morgan fingerprint density at radius 2 is 2.11 bits per heavy atom. The van der Waals surface area contributed by atoms with Crippen LogP contribution in [0, 0.1) is 5.92 Å². The highest BCUT2D eigenvalue weighted by molar-refractivity contribution is 7.80. The number of nitrogens with one attached hydrogen (secondary N) is 1. The topological polar surface area (TPSA) is 50.4 Å². The second kappa shape index (κ2) is 11.5. The van der Waals surface area contributed by atoms with Gasteiger partial charge in [0, 0.05) is 5.71 Å². The Balaban J connectivity index is 0.00000137. The van der Waals surface area contributed by atoms with Crippen molar-refractivity contribution in [2.45, 2.75) is 72.1 Å². The zero-order valence-corrected chi connectivity index (χ0v) is 13.0. The molecule has 1 atom stereocenters. The van der Waals surface area contributed by atoms with Crippen LogP contribution in [0.15, 0.2) is 5.10 Å². The predicted octanol–water partition coefficient (Wildman–Crippen LogP) is 3.97. The molecule has 1 aliphatic carbocycles. The molecular weight excluding hydrogens is 242 g/mol. The molecule has 0 saturated heterocycles. The first-order chi connectivity index (χ1) is 8.74. The van der Waals surface area contributed by atoms with Crippen molar-refractivity contribution in [3.05, 3.63) is 0 Å². The van der Waals surface area contributed by atoms with E-state index in [-0.39, 0.29) is 5.11 Å². The van der Waals surface area contributed by atoms with Crippen LogP contribution in [-0.4, -0.2) is 10.8 Å². The second-order valence-electron chi connectivity index (χ2n) is 4.52. The van der Waals surface area contributed by atoms with Crippen LogP contribution >= 0.6 is 12.2 Å². The summed E-state index contributed by atoms with van der Waals surface area (Å²) in [6.07, 6.45) is 10.2. The maximum absolute atomic E-state index is 5.37. The van der Waals surface area contributed by atoms with Crippen LogP contribution in [0.25, 0.3) is 0 Å². The number of nitrogens with two attached hydrogens (primary N) is 1. The second-order valence-corrected chi connectivity index (χ2v) is 4.96. The molecule has 1 aliphatic rings. The van der Waals surface area contributed by atoms with E-state index in [0.717, 1.165) is 6.42 Å². The van der Waals surface area contributed by atoms with Crippen LogP contribution in [0.1, 0.15) is 72.1 Å². The molecule has 0 spiro atoms. The fourth-order valence-electron chi connectivity index (χ4n) is 2.30. The Morgan fingerprint density at radius 1 is 1.39 bits per heavy atom. The van der Waals surface area contributed by atoms with Crippen LogP contribution in [-0.2, 0) is 0 Å². The first-order valence-electron chi connectivity index (χ1n) is 7.36. The van der Waals surface area contributed by atoms with Gasteiger partial charge in [0.25, 0.3) is 0 Å². The van der Waals surface area contributed by atoms with Gasteiger partial charge in [-0.25, -0.2) is 0 Å². The minimum atomic E-state index is 0.268. The SMILES string of the molecule is CC.CCCCCCC1CCC/C1=N\NC(N)=S. The number of rotatable bonds is 6. The van der Waals surface area contributed by atoms with Crippen LogP contribution in [0.3, 0.4) is 0 Å². The molecule has 4 heteroatoms. The molecule has 0 heterocycles. The smallest absolute Gasteiger partial charge is 0.184 e. The van der Waals surface area contributed by atoms with E-state index in [2.05, 4.69) is 17.5 Å². The van der Waals surface area contributed by atoms with E-state index >= 15 is 0 Å². The highest BCUT2D eigenvalue weighted by Crippen LogP contribution is 2.27. The minimum Gasteiger partial charge on any atom is -0.375 e. The zero-order valence-electron chi connectivity index (χ0n) is 12.2. The maximum atomic E-state index is 5.37. The van der Waals surface area contributed by atoms with Crippen molar-refractivity contribution in [3.8, 4) is 0 Å². The monoisotopic (exact) mass is 271 g/mol. The van der Waals surface area contributed by atoms with Crippen molar-refractivity contribution in [3.63, 3.8) is 0 Å². The van der Waals surface area contributed by atoms with Crippen LogP contribution in [0.4, 0.5) is 0 Å². The predicted molar refractivity (Wildman–Crippen MR) is 84.8 cm³/mol. The molecule has 0 aliphatic heterocycles. The lowest BCUT2D eigenvalue weighted by Gasteiger charge is -2.10. The summed E-state index contributed by atoms with van der Waals surface area (Å²) in [5.41, 5.74) is 9.35.